The van der Waals surface area contributed by atoms with E-state index in [1.165, 1.54) is 39.3 Å². The van der Waals surface area contributed by atoms with Gasteiger partial charge in [-0.05, 0) is 44.8 Å². The molecular weight excluding hydrogens is 445 g/mol. The molecule has 0 radical (unpaired) electrons. The summed E-state index contributed by atoms with van der Waals surface area (Å²) in [6.07, 6.45) is -6.45. The first-order valence-electron chi connectivity index (χ1n) is 10.8. The van der Waals surface area contributed by atoms with Crippen molar-refractivity contribution in [2.45, 2.75) is 72.2 Å². The van der Waals surface area contributed by atoms with Crippen molar-refractivity contribution < 1.29 is 38.9 Å². The number of aliphatic hydroxyl groups is 3. The van der Waals surface area contributed by atoms with Crippen LogP contribution in [0.1, 0.15) is 41.5 Å². The third kappa shape index (κ3) is 13.7. The highest BCUT2D eigenvalue weighted by Gasteiger charge is 2.46. The average Bonchev–Trinajstić information content (AvgIpc) is 2.76. The molecule has 14 heteroatoms. The minimum atomic E-state index is -4.96. The van der Waals surface area contributed by atoms with Crippen LogP contribution in [-0.4, -0.2) is 111 Å². The minimum Gasteiger partial charge on any atom is -0.394 e. The molecule has 0 saturated carbocycles. The zero-order chi connectivity index (χ0) is 25.3. The van der Waals surface area contributed by atoms with Crippen molar-refractivity contribution in [1.82, 2.24) is 9.80 Å². The van der Waals surface area contributed by atoms with E-state index >= 15 is 0 Å². The molecule has 0 spiro atoms. The summed E-state index contributed by atoms with van der Waals surface area (Å²) in [5.41, 5.74) is 8.27. The van der Waals surface area contributed by atoms with E-state index in [1.807, 2.05) is 0 Å². The van der Waals surface area contributed by atoms with Crippen LogP contribution in [0.2, 0.25) is 0 Å². The molecule has 1 heterocycles. The smallest absolute Gasteiger partial charge is 0.394 e. The molecule has 5 N–H and O–H groups in total. The number of nitrogens with zero attached hydrogens (tertiary/aromatic N) is 5. The monoisotopic (exact) mass is 487 g/mol. The van der Waals surface area contributed by atoms with Crippen LogP contribution in [0.25, 0.3) is 10.4 Å². The lowest BCUT2D eigenvalue weighted by Crippen LogP contribution is -2.58. The number of phosphoric acid groups is 1. The van der Waals surface area contributed by atoms with Crippen LogP contribution in [0.4, 0.5) is 0 Å². The summed E-state index contributed by atoms with van der Waals surface area (Å²) in [6.45, 7) is 19.5. The summed E-state index contributed by atoms with van der Waals surface area (Å²) >= 11 is 0. The number of rotatable bonds is 10. The molecule has 0 aromatic rings. The Balaban J connectivity index is 0. The van der Waals surface area contributed by atoms with Gasteiger partial charge in [0.2, 0.25) is 0 Å². The summed E-state index contributed by atoms with van der Waals surface area (Å²) < 4.78 is 19.5. The number of aliphatic hydroxyl groups excluding tert-OH is 3. The molecule has 1 aliphatic rings. The van der Waals surface area contributed by atoms with Crippen LogP contribution < -0.4 is 0 Å². The van der Waals surface area contributed by atoms with Crippen molar-refractivity contribution in [3.05, 3.63) is 10.4 Å². The molecule has 1 fully saturated rings. The lowest BCUT2D eigenvalue weighted by molar-refractivity contribution is -0.251. The molecule has 5 atom stereocenters. The number of azide groups is 1. The molecule has 0 amide bonds. The Kier molecular flexibility index (Phi) is 19.4. The maximum atomic E-state index is 10.6. The first-order valence-corrected chi connectivity index (χ1v) is 12.4. The van der Waals surface area contributed by atoms with E-state index in [0.29, 0.717) is 0 Å². The molecule has 0 aromatic carbocycles. The van der Waals surface area contributed by atoms with E-state index in [-0.39, 0.29) is 0 Å². The molecule has 1 saturated heterocycles. The van der Waals surface area contributed by atoms with Gasteiger partial charge >= 0.3 is 7.82 Å². The van der Waals surface area contributed by atoms with Crippen molar-refractivity contribution in [2.24, 2.45) is 5.11 Å². The summed E-state index contributed by atoms with van der Waals surface area (Å²) in [5, 5.41) is 31.2. The lowest BCUT2D eigenvalue weighted by atomic mass is 9.97. The fourth-order valence-corrected chi connectivity index (χ4v) is 3.27. The third-order valence-corrected chi connectivity index (χ3v) is 5.44. The van der Waals surface area contributed by atoms with Crippen LogP contribution in [0.15, 0.2) is 5.11 Å². The fraction of sp³-hybridized carbons (Fsp3) is 1.00. The molecule has 0 aromatic heterocycles. The number of hydrogen-bond acceptors (Lipinski definition) is 9. The van der Waals surface area contributed by atoms with E-state index in [4.69, 9.17) is 25.2 Å². The number of phosphoric ester groups is 1. The van der Waals surface area contributed by atoms with Crippen molar-refractivity contribution in [3.8, 4) is 0 Å². The summed E-state index contributed by atoms with van der Waals surface area (Å²) in [4.78, 5) is 24.3. The molecule has 32 heavy (non-hydrogen) atoms. The topological polar surface area (TPSA) is 192 Å². The molecule has 13 nitrogen and oxygen atoms in total. The standard InChI is InChI=1S/C6H12N3O8P.2C6H15N/c7-9-8-3-4(11)2(1-10)16-6(5(3)12)17-18(13,14)15;2*1-4-7(5-2)6-3/h2-6,10-12H,1H2,(H2,13,14,15);2*4-6H2,1-3H3/t2-,3+,4-,5-,6-;;/m1../s1. The maximum Gasteiger partial charge on any atom is 0.472 e. The second-order valence-electron chi connectivity index (χ2n) is 6.74. The second kappa shape index (κ2) is 18.6. The van der Waals surface area contributed by atoms with E-state index in [9.17, 15) is 14.8 Å². The van der Waals surface area contributed by atoms with Gasteiger partial charge in [-0.15, -0.1) is 0 Å². The Morgan fingerprint density at radius 1 is 0.938 bits per heavy atom. The Morgan fingerprint density at radius 3 is 1.59 bits per heavy atom. The van der Waals surface area contributed by atoms with Crippen LogP contribution in [0.5, 0.6) is 0 Å². The summed E-state index contributed by atoms with van der Waals surface area (Å²) in [5.74, 6) is 0. The van der Waals surface area contributed by atoms with E-state index < -0.39 is 45.1 Å². The van der Waals surface area contributed by atoms with Gasteiger partial charge in [-0.2, -0.15) is 0 Å². The molecule has 0 bridgehead atoms. The number of ether oxygens (including phenoxy) is 1. The molecular formula is C18H42N5O8P. The third-order valence-electron chi connectivity index (χ3n) is 4.96. The Hall–Kier alpha value is -0.820. The number of hydrogen-bond donors (Lipinski definition) is 5. The summed E-state index contributed by atoms with van der Waals surface area (Å²) in [6, 6.07) is -1.46. The minimum absolute atomic E-state index is 0.716. The SMILES string of the molecule is CCN(CC)CC.CCN(CC)CC.[N-]=[N+]=N[C@@H]1[C@@H](O)[C@@H](OP(=O)(O)O)O[C@H](CO)[C@H]1O. The van der Waals surface area contributed by atoms with E-state index in [2.05, 4.69) is 65.9 Å². The van der Waals surface area contributed by atoms with Gasteiger partial charge in [-0.1, -0.05) is 46.7 Å². The van der Waals surface area contributed by atoms with Crippen LogP contribution in [-0.2, 0) is 13.8 Å². The first-order chi connectivity index (χ1) is 15.0. The predicted molar refractivity (Wildman–Crippen MR) is 121 cm³/mol. The van der Waals surface area contributed by atoms with Gasteiger partial charge < -0.3 is 39.6 Å². The summed E-state index contributed by atoms with van der Waals surface area (Å²) in [7, 11) is -4.96. The molecule has 1 rings (SSSR count). The maximum absolute atomic E-state index is 10.6. The van der Waals surface area contributed by atoms with Crippen molar-refractivity contribution in [3.63, 3.8) is 0 Å². The largest absolute Gasteiger partial charge is 0.472 e. The van der Waals surface area contributed by atoms with Crippen LogP contribution >= 0.6 is 7.82 Å². The first kappa shape index (κ1) is 33.4. The van der Waals surface area contributed by atoms with Crippen molar-refractivity contribution >= 4 is 7.82 Å². The molecule has 192 valence electrons. The molecule has 1 aliphatic heterocycles. The zero-order valence-electron chi connectivity index (χ0n) is 20.0. The van der Waals surface area contributed by atoms with Gasteiger partial charge in [-0.3, -0.25) is 4.52 Å². The van der Waals surface area contributed by atoms with Gasteiger partial charge in [-0.25, -0.2) is 4.57 Å². The van der Waals surface area contributed by atoms with Gasteiger partial charge in [0.1, 0.15) is 12.2 Å². The van der Waals surface area contributed by atoms with Crippen molar-refractivity contribution in [2.75, 3.05) is 45.9 Å². The Labute approximate surface area is 190 Å². The van der Waals surface area contributed by atoms with Gasteiger partial charge in [0.25, 0.3) is 0 Å². The average molecular weight is 488 g/mol. The van der Waals surface area contributed by atoms with Crippen molar-refractivity contribution in [1.29, 1.82) is 0 Å². The van der Waals surface area contributed by atoms with Crippen LogP contribution in [0, 0.1) is 0 Å². The van der Waals surface area contributed by atoms with E-state index in [1.54, 1.807) is 0 Å². The highest BCUT2D eigenvalue weighted by atomic mass is 31.2. The Morgan fingerprint density at radius 2 is 1.34 bits per heavy atom. The fourth-order valence-electron chi connectivity index (χ4n) is 2.83. The zero-order valence-corrected chi connectivity index (χ0v) is 20.9. The second-order valence-corrected chi connectivity index (χ2v) is 7.93. The normalized spacial score (nSPS) is 25.3. The highest BCUT2D eigenvalue weighted by molar-refractivity contribution is 7.46. The van der Waals surface area contributed by atoms with Crippen LogP contribution in [0.3, 0.4) is 0 Å². The van der Waals surface area contributed by atoms with E-state index in [0.717, 1.165) is 0 Å². The van der Waals surface area contributed by atoms with Gasteiger partial charge in [0.15, 0.2) is 6.29 Å². The quantitative estimate of drug-likeness (QED) is 0.128. The predicted octanol–water partition coefficient (Wildman–Crippen LogP) is 0.910. The lowest BCUT2D eigenvalue weighted by Gasteiger charge is -2.39. The molecule has 0 aliphatic carbocycles. The highest BCUT2D eigenvalue weighted by Crippen LogP contribution is 2.40. The van der Waals surface area contributed by atoms with Gasteiger partial charge in [0, 0.05) is 4.91 Å². The molecule has 0 unspecified atom stereocenters. The Bertz CT molecular complexity index is 532. The van der Waals surface area contributed by atoms with Gasteiger partial charge in [0.05, 0.1) is 18.8 Å².